The van der Waals surface area contributed by atoms with E-state index in [-0.39, 0.29) is 0 Å². The average Bonchev–Trinajstić information content (AvgIpc) is 3.45. The molecule has 3 heterocycles. The molecule has 1 atom stereocenters. The first-order valence-electron chi connectivity index (χ1n) is 9.69. The van der Waals surface area contributed by atoms with Crippen LogP contribution in [-0.2, 0) is 6.42 Å². The first-order chi connectivity index (χ1) is 14.8. The average molecular weight is 397 g/mol. The molecule has 0 N–H and O–H groups in total. The predicted octanol–water partition coefficient (Wildman–Crippen LogP) is 4.51. The Morgan fingerprint density at radius 3 is 2.70 bits per heavy atom. The van der Waals surface area contributed by atoms with Crippen LogP contribution in [0.4, 0.5) is 0 Å². The number of rotatable bonds is 6. The summed E-state index contributed by atoms with van der Waals surface area (Å²) in [5.74, 6) is 1.64. The van der Waals surface area contributed by atoms with E-state index in [0.717, 1.165) is 23.4 Å². The second kappa shape index (κ2) is 7.79. The zero-order valence-corrected chi connectivity index (χ0v) is 16.3. The second-order valence-corrected chi connectivity index (χ2v) is 6.92. The molecule has 0 spiro atoms. The van der Waals surface area contributed by atoms with Crippen molar-refractivity contribution in [2.45, 2.75) is 19.4 Å². The smallest absolute Gasteiger partial charge is 0.267 e. The van der Waals surface area contributed by atoms with Gasteiger partial charge in [-0.3, -0.25) is 0 Å². The molecule has 0 saturated carbocycles. The van der Waals surface area contributed by atoms with Gasteiger partial charge in [-0.1, -0.05) is 53.7 Å². The summed E-state index contributed by atoms with van der Waals surface area (Å²) >= 11 is 0. The van der Waals surface area contributed by atoms with Crippen LogP contribution in [0.2, 0.25) is 0 Å². The fraction of sp³-hybridized carbons (Fsp3) is 0.130. The molecule has 148 valence electrons. The first kappa shape index (κ1) is 18.1. The zero-order valence-electron chi connectivity index (χ0n) is 16.3. The second-order valence-electron chi connectivity index (χ2n) is 6.92. The summed E-state index contributed by atoms with van der Waals surface area (Å²) in [4.78, 5) is 8.79. The standard InChI is InChI=1S/C23H19N5O2/c1-16(29-20-10-6-5-9-18(20)15-17-7-3-2-4-8-17)23-26-22(27-30-23)19-11-13-24-21-12-14-25-28(19)21/h2-14,16H,15H2,1H3. The van der Waals surface area contributed by atoms with Crippen molar-refractivity contribution in [3.05, 3.63) is 96.1 Å². The van der Waals surface area contributed by atoms with Crippen molar-refractivity contribution >= 4 is 5.65 Å². The van der Waals surface area contributed by atoms with Gasteiger partial charge >= 0.3 is 0 Å². The monoisotopic (exact) mass is 397 g/mol. The van der Waals surface area contributed by atoms with Gasteiger partial charge in [0.25, 0.3) is 5.89 Å². The molecule has 0 aliphatic rings. The van der Waals surface area contributed by atoms with Crippen LogP contribution in [0.1, 0.15) is 30.0 Å². The molecule has 0 saturated heterocycles. The summed E-state index contributed by atoms with van der Waals surface area (Å²) in [7, 11) is 0. The number of para-hydroxylation sites is 1. The van der Waals surface area contributed by atoms with Crippen LogP contribution in [-0.4, -0.2) is 24.7 Å². The molecule has 0 aliphatic carbocycles. The fourth-order valence-corrected chi connectivity index (χ4v) is 3.33. The predicted molar refractivity (Wildman–Crippen MR) is 111 cm³/mol. The van der Waals surface area contributed by atoms with Gasteiger partial charge in [0.2, 0.25) is 5.82 Å². The summed E-state index contributed by atoms with van der Waals surface area (Å²) in [6.07, 6.45) is 3.76. The number of hydrogen-bond acceptors (Lipinski definition) is 6. The highest BCUT2D eigenvalue weighted by molar-refractivity contribution is 5.54. The molecule has 0 amide bonds. The number of benzene rings is 2. The van der Waals surface area contributed by atoms with Crippen LogP contribution < -0.4 is 4.74 Å². The summed E-state index contributed by atoms with van der Waals surface area (Å²) in [5, 5.41) is 8.38. The summed E-state index contributed by atoms with van der Waals surface area (Å²) in [5.41, 5.74) is 3.75. The Morgan fingerprint density at radius 2 is 1.80 bits per heavy atom. The molecule has 3 aromatic heterocycles. The fourth-order valence-electron chi connectivity index (χ4n) is 3.33. The maximum Gasteiger partial charge on any atom is 0.267 e. The van der Waals surface area contributed by atoms with Gasteiger partial charge in [0.05, 0.1) is 6.20 Å². The van der Waals surface area contributed by atoms with Gasteiger partial charge in [0, 0.05) is 18.7 Å². The van der Waals surface area contributed by atoms with Gasteiger partial charge in [-0.15, -0.1) is 0 Å². The van der Waals surface area contributed by atoms with E-state index in [2.05, 4.69) is 38.4 Å². The van der Waals surface area contributed by atoms with Gasteiger partial charge in [-0.2, -0.15) is 10.1 Å². The van der Waals surface area contributed by atoms with E-state index in [9.17, 15) is 0 Å². The van der Waals surface area contributed by atoms with Crippen LogP contribution >= 0.6 is 0 Å². The molecule has 0 bridgehead atoms. The van der Waals surface area contributed by atoms with E-state index < -0.39 is 6.10 Å². The third-order valence-electron chi connectivity index (χ3n) is 4.82. The maximum absolute atomic E-state index is 6.19. The topological polar surface area (TPSA) is 78.3 Å². The van der Waals surface area contributed by atoms with Gasteiger partial charge in [0.15, 0.2) is 11.8 Å². The van der Waals surface area contributed by atoms with Crippen LogP contribution in [0.5, 0.6) is 5.75 Å². The van der Waals surface area contributed by atoms with E-state index >= 15 is 0 Å². The molecule has 5 rings (SSSR count). The third-order valence-corrected chi connectivity index (χ3v) is 4.82. The zero-order chi connectivity index (χ0) is 20.3. The number of aromatic nitrogens is 5. The lowest BCUT2D eigenvalue weighted by molar-refractivity contribution is 0.174. The van der Waals surface area contributed by atoms with E-state index in [1.54, 1.807) is 23.0 Å². The Bertz CT molecular complexity index is 1280. The molecule has 5 aromatic rings. The van der Waals surface area contributed by atoms with Crippen LogP contribution in [0.3, 0.4) is 0 Å². The van der Waals surface area contributed by atoms with Crippen LogP contribution in [0.15, 0.2) is 83.6 Å². The van der Waals surface area contributed by atoms with Crippen molar-refractivity contribution < 1.29 is 9.26 Å². The van der Waals surface area contributed by atoms with Crippen molar-refractivity contribution in [1.82, 2.24) is 24.7 Å². The van der Waals surface area contributed by atoms with E-state index in [1.165, 1.54) is 5.56 Å². The minimum absolute atomic E-state index is 0.400. The van der Waals surface area contributed by atoms with Gasteiger partial charge in [-0.05, 0) is 30.2 Å². The normalized spacial score (nSPS) is 12.2. The Labute approximate surface area is 173 Å². The summed E-state index contributed by atoms with van der Waals surface area (Å²) in [6.45, 7) is 1.90. The molecule has 30 heavy (non-hydrogen) atoms. The minimum Gasteiger partial charge on any atom is -0.481 e. The number of hydrogen-bond donors (Lipinski definition) is 0. The van der Waals surface area contributed by atoms with Crippen molar-refractivity contribution in [3.8, 4) is 17.3 Å². The first-order valence-corrected chi connectivity index (χ1v) is 9.69. The quantitative estimate of drug-likeness (QED) is 0.419. The maximum atomic E-state index is 6.19. The Morgan fingerprint density at radius 1 is 0.967 bits per heavy atom. The molecule has 0 aliphatic heterocycles. The lowest BCUT2D eigenvalue weighted by Gasteiger charge is -2.14. The lowest BCUT2D eigenvalue weighted by atomic mass is 10.0. The van der Waals surface area contributed by atoms with Crippen molar-refractivity contribution in [2.24, 2.45) is 0 Å². The van der Waals surface area contributed by atoms with E-state index in [4.69, 9.17) is 9.26 Å². The van der Waals surface area contributed by atoms with E-state index in [0.29, 0.717) is 17.4 Å². The molecular weight excluding hydrogens is 378 g/mol. The molecule has 2 aromatic carbocycles. The highest BCUT2D eigenvalue weighted by Gasteiger charge is 2.19. The molecule has 7 heteroatoms. The van der Waals surface area contributed by atoms with Crippen LogP contribution in [0.25, 0.3) is 17.2 Å². The molecule has 0 fully saturated rings. The van der Waals surface area contributed by atoms with Gasteiger partial charge in [0.1, 0.15) is 11.4 Å². The minimum atomic E-state index is -0.405. The third kappa shape index (κ3) is 3.53. The van der Waals surface area contributed by atoms with Gasteiger partial charge in [-0.25, -0.2) is 9.50 Å². The Hall–Kier alpha value is -4.00. The summed E-state index contributed by atoms with van der Waals surface area (Å²) < 4.78 is 13.4. The molecule has 1 unspecified atom stereocenters. The van der Waals surface area contributed by atoms with Gasteiger partial charge < -0.3 is 9.26 Å². The summed E-state index contributed by atoms with van der Waals surface area (Å²) in [6, 6.07) is 21.9. The van der Waals surface area contributed by atoms with Crippen molar-refractivity contribution in [3.63, 3.8) is 0 Å². The number of ether oxygens (including phenoxy) is 1. The Kier molecular flexibility index (Phi) is 4.69. The Balaban J connectivity index is 1.38. The van der Waals surface area contributed by atoms with Crippen molar-refractivity contribution in [1.29, 1.82) is 0 Å². The van der Waals surface area contributed by atoms with Crippen LogP contribution in [0, 0.1) is 0 Å². The highest BCUT2D eigenvalue weighted by Crippen LogP contribution is 2.27. The lowest BCUT2D eigenvalue weighted by Crippen LogP contribution is -2.06. The number of nitrogens with zero attached hydrogens (tertiary/aromatic N) is 5. The SMILES string of the molecule is CC(Oc1ccccc1Cc1ccccc1)c1nc(-c2ccnc3ccnn23)no1. The van der Waals surface area contributed by atoms with E-state index in [1.807, 2.05) is 49.4 Å². The molecular formula is C23H19N5O2. The molecule has 0 radical (unpaired) electrons. The molecule has 7 nitrogen and oxygen atoms in total. The number of fused-ring (bicyclic) bond motifs is 1. The highest BCUT2D eigenvalue weighted by atomic mass is 16.5. The largest absolute Gasteiger partial charge is 0.481 e. The van der Waals surface area contributed by atoms with Crippen molar-refractivity contribution in [2.75, 3.05) is 0 Å².